The molecular weight excluding hydrogens is 278 g/mol. The maximum absolute atomic E-state index is 10.5. The van der Waals surface area contributed by atoms with E-state index in [0.29, 0.717) is 23.1 Å². The summed E-state index contributed by atoms with van der Waals surface area (Å²) in [6.07, 6.45) is 5.44. The van der Waals surface area contributed by atoms with Crippen molar-refractivity contribution in [2.45, 2.75) is 36.5 Å². The molecule has 1 unspecified atom stereocenters. The lowest BCUT2D eigenvalue weighted by molar-refractivity contribution is -0.0433. The lowest BCUT2D eigenvalue weighted by atomic mass is 9.60. The number of benzene rings is 1. The number of nitrogens with zero attached hydrogens (tertiary/aromatic N) is 1. The fraction of sp³-hybridized carbons (Fsp3) is 0.556. The molecule has 22 heavy (non-hydrogen) atoms. The fourth-order valence-corrected chi connectivity index (χ4v) is 6.74. The van der Waals surface area contributed by atoms with Gasteiger partial charge in [0.05, 0.1) is 0 Å². The first-order valence-electron chi connectivity index (χ1n) is 8.15. The molecule has 2 fully saturated rings. The number of hydrogen-bond acceptors (Lipinski definition) is 4. The van der Waals surface area contributed by atoms with E-state index in [-0.39, 0.29) is 17.3 Å². The number of likely N-dealkylation sites (tertiary alicyclic amines) is 1. The Bertz CT molecular complexity index is 759. The van der Waals surface area contributed by atoms with Gasteiger partial charge < -0.3 is 19.8 Å². The second kappa shape index (κ2) is 3.22. The topological polar surface area (TPSA) is 52.9 Å². The number of aliphatic hydroxyl groups excluding tert-OH is 1. The third-order valence-corrected chi connectivity index (χ3v) is 7.06. The molecule has 6 rings (SSSR count). The quantitative estimate of drug-likeness (QED) is 0.707. The Balaban J connectivity index is 1.71. The summed E-state index contributed by atoms with van der Waals surface area (Å²) in [4.78, 5) is 2.46. The minimum atomic E-state index is -0.589. The van der Waals surface area contributed by atoms with E-state index in [1.54, 1.807) is 6.07 Å². The standard InChI is InChI=1S/C18H19NO3/c1-19-8-17-6-9-2-4-11(20)14-13(9)18(7-17)10(15(17)19)3-5-12(21)16(18)22-14/h2-5,10,12,15-16,20-21H,6-8H2,1H3/t10-,12+,15+,16+,17?,18-/m0/s1. The highest BCUT2D eigenvalue weighted by molar-refractivity contribution is 5.63. The van der Waals surface area contributed by atoms with Crippen LogP contribution in [0.2, 0.25) is 0 Å². The van der Waals surface area contributed by atoms with Crippen LogP contribution in [0.25, 0.3) is 0 Å². The minimum Gasteiger partial charge on any atom is -0.504 e. The van der Waals surface area contributed by atoms with Crippen molar-refractivity contribution in [1.29, 1.82) is 0 Å². The Kier molecular flexibility index (Phi) is 1.75. The van der Waals surface area contributed by atoms with Crippen LogP contribution in [0.1, 0.15) is 17.5 Å². The van der Waals surface area contributed by atoms with E-state index in [2.05, 4.69) is 24.1 Å². The van der Waals surface area contributed by atoms with Gasteiger partial charge in [0, 0.05) is 34.9 Å². The predicted octanol–water partition coefficient (Wildman–Crippen LogP) is 1.20. The molecule has 4 heteroatoms. The number of hydrogen-bond donors (Lipinski definition) is 2. The van der Waals surface area contributed by atoms with Crippen molar-refractivity contribution in [3.8, 4) is 11.5 Å². The van der Waals surface area contributed by atoms with Crippen molar-refractivity contribution in [3.05, 3.63) is 35.4 Å². The van der Waals surface area contributed by atoms with Crippen molar-refractivity contribution in [2.75, 3.05) is 13.6 Å². The SMILES string of the molecule is CN1CC23Cc4ccc(O)c5c4[C@@]4(C2)[C@H](O5)[C@H](O)C=C[C@H]4[C@@H]13. The molecule has 2 aliphatic heterocycles. The molecule has 1 aromatic carbocycles. The van der Waals surface area contributed by atoms with Crippen LogP contribution in [0.15, 0.2) is 24.3 Å². The van der Waals surface area contributed by atoms with Gasteiger partial charge in [-0.15, -0.1) is 0 Å². The second-order valence-electron chi connectivity index (χ2n) is 8.00. The monoisotopic (exact) mass is 297 g/mol. The lowest BCUT2D eigenvalue weighted by Crippen LogP contribution is -2.62. The van der Waals surface area contributed by atoms with E-state index in [1.807, 2.05) is 6.08 Å². The molecule has 6 atom stereocenters. The van der Waals surface area contributed by atoms with Gasteiger partial charge in [0.15, 0.2) is 11.5 Å². The summed E-state index contributed by atoms with van der Waals surface area (Å²) in [6.45, 7) is 1.13. The molecule has 114 valence electrons. The zero-order chi connectivity index (χ0) is 14.9. The van der Waals surface area contributed by atoms with E-state index < -0.39 is 6.10 Å². The van der Waals surface area contributed by atoms with E-state index in [1.165, 1.54) is 11.1 Å². The summed E-state index contributed by atoms with van der Waals surface area (Å²) in [5.41, 5.74) is 2.69. The molecule has 1 saturated heterocycles. The summed E-state index contributed by atoms with van der Waals surface area (Å²) in [5.74, 6) is 1.23. The van der Waals surface area contributed by atoms with Gasteiger partial charge in [0.1, 0.15) is 12.2 Å². The first-order chi connectivity index (χ1) is 10.6. The summed E-state index contributed by atoms with van der Waals surface area (Å²) in [6, 6.07) is 4.36. The van der Waals surface area contributed by atoms with Gasteiger partial charge >= 0.3 is 0 Å². The van der Waals surface area contributed by atoms with Crippen LogP contribution in [-0.2, 0) is 11.8 Å². The molecule has 0 radical (unpaired) electrons. The predicted molar refractivity (Wildman–Crippen MR) is 80.0 cm³/mol. The Labute approximate surface area is 129 Å². The highest BCUT2D eigenvalue weighted by Crippen LogP contribution is 2.72. The second-order valence-corrected chi connectivity index (χ2v) is 8.00. The number of ether oxygens (including phenoxy) is 1. The largest absolute Gasteiger partial charge is 0.504 e. The van der Waals surface area contributed by atoms with Gasteiger partial charge in [0.2, 0.25) is 0 Å². The number of fused-ring (bicyclic) bond motifs is 1. The summed E-state index contributed by atoms with van der Waals surface area (Å²) < 4.78 is 6.15. The molecule has 2 heterocycles. The Morgan fingerprint density at radius 3 is 3.00 bits per heavy atom. The highest BCUT2D eigenvalue weighted by Gasteiger charge is 2.75. The molecule has 5 aliphatic rings. The van der Waals surface area contributed by atoms with Crippen LogP contribution in [0.4, 0.5) is 0 Å². The Morgan fingerprint density at radius 1 is 1.32 bits per heavy atom. The van der Waals surface area contributed by atoms with Crippen molar-refractivity contribution < 1.29 is 14.9 Å². The molecule has 1 saturated carbocycles. The molecule has 2 spiro atoms. The third kappa shape index (κ3) is 0.965. The maximum Gasteiger partial charge on any atom is 0.165 e. The van der Waals surface area contributed by atoms with Gasteiger partial charge in [0.25, 0.3) is 0 Å². The van der Waals surface area contributed by atoms with E-state index in [4.69, 9.17) is 4.74 Å². The zero-order valence-corrected chi connectivity index (χ0v) is 12.5. The van der Waals surface area contributed by atoms with Crippen LogP contribution >= 0.6 is 0 Å². The van der Waals surface area contributed by atoms with Crippen molar-refractivity contribution in [1.82, 2.24) is 4.90 Å². The first kappa shape index (κ1) is 12.0. The smallest absolute Gasteiger partial charge is 0.165 e. The van der Waals surface area contributed by atoms with Crippen LogP contribution in [0, 0.1) is 11.3 Å². The average molecular weight is 297 g/mol. The fourth-order valence-electron chi connectivity index (χ4n) is 6.74. The molecule has 0 aromatic heterocycles. The average Bonchev–Trinajstić information content (AvgIpc) is 2.92. The molecule has 3 aliphatic carbocycles. The minimum absolute atomic E-state index is 0.148. The number of phenols is 1. The maximum atomic E-state index is 10.5. The van der Waals surface area contributed by atoms with Gasteiger partial charge in [-0.1, -0.05) is 18.2 Å². The molecular formula is C18H19NO3. The Hall–Kier alpha value is -1.52. The number of rotatable bonds is 0. The van der Waals surface area contributed by atoms with E-state index in [0.717, 1.165) is 19.4 Å². The van der Waals surface area contributed by atoms with E-state index >= 15 is 0 Å². The molecule has 2 bridgehead atoms. The van der Waals surface area contributed by atoms with Gasteiger partial charge in [-0.05, 0) is 31.5 Å². The number of aromatic hydroxyl groups is 1. The Morgan fingerprint density at radius 2 is 2.18 bits per heavy atom. The van der Waals surface area contributed by atoms with Crippen molar-refractivity contribution in [3.63, 3.8) is 0 Å². The van der Waals surface area contributed by atoms with Crippen LogP contribution in [-0.4, -0.2) is 47.0 Å². The normalized spacial score (nSPS) is 49.4. The van der Waals surface area contributed by atoms with Gasteiger partial charge in [-0.3, -0.25) is 0 Å². The van der Waals surface area contributed by atoms with Crippen molar-refractivity contribution >= 4 is 0 Å². The summed E-state index contributed by atoms with van der Waals surface area (Å²) in [7, 11) is 2.21. The van der Waals surface area contributed by atoms with Crippen LogP contribution in [0.3, 0.4) is 0 Å². The zero-order valence-electron chi connectivity index (χ0n) is 12.5. The van der Waals surface area contributed by atoms with Gasteiger partial charge in [-0.2, -0.15) is 0 Å². The van der Waals surface area contributed by atoms with Crippen LogP contribution < -0.4 is 4.74 Å². The van der Waals surface area contributed by atoms with Crippen LogP contribution in [0.5, 0.6) is 11.5 Å². The highest BCUT2D eigenvalue weighted by atomic mass is 16.5. The molecule has 0 amide bonds. The molecule has 2 N–H and O–H groups in total. The first-order valence-corrected chi connectivity index (χ1v) is 8.15. The van der Waals surface area contributed by atoms with E-state index in [9.17, 15) is 10.2 Å². The lowest BCUT2D eigenvalue weighted by Gasteiger charge is -2.54. The summed E-state index contributed by atoms with van der Waals surface area (Å²) >= 11 is 0. The van der Waals surface area contributed by atoms with Crippen molar-refractivity contribution in [2.24, 2.45) is 11.3 Å². The number of phenolic OH excluding ortho intramolecular Hbond substituents is 1. The third-order valence-electron chi connectivity index (χ3n) is 7.06. The molecule has 4 nitrogen and oxygen atoms in total. The number of aliphatic hydroxyl groups is 1. The van der Waals surface area contributed by atoms with Gasteiger partial charge in [-0.25, -0.2) is 0 Å². The molecule has 1 aromatic rings. The summed E-state index contributed by atoms with van der Waals surface area (Å²) in [5, 5.41) is 20.8.